The summed E-state index contributed by atoms with van der Waals surface area (Å²) in [4.78, 5) is 2.21. The van der Waals surface area contributed by atoms with Crippen LogP contribution in [-0.4, -0.2) is 54.3 Å². The van der Waals surface area contributed by atoms with Crippen LogP contribution in [0.4, 0.5) is 5.95 Å². The van der Waals surface area contributed by atoms with Crippen LogP contribution in [0.5, 0.6) is 5.75 Å². The zero-order chi connectivity index (χ0) is 20.3. The second-order valence-electron chi connectivity index (χ2n) is 7.26. The average molecular weight is 409 g/mol. The summed E-state index contributed by atoms with van der Waals surface area (Å²) in [6.07, 6.45) is -0.104. The van der Waals surface area contributed by atoms with Crippen molar-refractivity contribution in [2.24, 2.45) is 0 Å². The van der Waals surface area contributed by atoms with Gasteiger partial charge in [-0.15, -0.1) is 10.2 Å². The second kappa shape index (κ2) is 9.11. The molecule has 1 aliphatic heterocycles. The van der Waals surface area contributed by atoms with Gasteiger partial charge in [0, 0.05) is 25.2 Å². The Morgan fingerprint density at radius 2 is 2.00 bits per heavy atom. The smallest absolute Gasteiger partial charge is 0.227 e. The standard InChI is InChI=1S/C20H29ClN4O3/c1-13-10-17(21)11-14(2)18(13)28-16(4)19-22-23-20(25(19)7-8-26-5)24-6-9-27-15(3)12-24/h10-11,15-16H,6-9,12H2,1-5H3. The third-order valence-electron chi connectivity index (χ3n) is 4.89. The summed E-state index contributed by atoms with van der Waals surface area (Å²) in [7, 11) is 1.70. The van der Waals surface area contributed by atoms with Crippen LogP contribution in [0.1, 0.15) is 36.9 Å². The molecule has 0 radical (unpaired) electrons. The molecule has 0 amide bonds. The third-order valence-corrected chi connectivity index (χ3v) is 5.10. The molecular weight excluding hydrogens is 380 g/mol. The van der Waals surface area contributed by atoms with E-state index in [0.717, 1.165) is 41.7 Å². The molecule has 1 aromatic carbocycles. The van der Waals surface area contributed by atoms with E-state index < -0.39 is 0 Å². The van der Waals surface area contributed by atoms with E-state index in [0.29, 0.717) is 24.8 Å². The second-order valence-corrected chi connectivity index (χ2v) is 7.70. The first-order chi connectivity index (χ1) is 13.4. The normalized spacial score (nSPS) is 18.4. The summed E-state index contributed by atoms with van der Waals surface area (Å²) in [6.45, 7) is 11.6. The zero-order valence-electron chi connectivity index (χ0n) is 17.2. The number of anilines is 1. The highest BCUT2D eigenvalue weighted by Gasteiger charge is 2.26. The predicted molar refractivity (Wildman–Crippen MR) is 109 cm³/mol. The maximum Gasteiger partial charge on any atom is 0.227 e. The van der Waals surface area contributed by atoms with E-state index in [1.165, 1.54) is 0 Å². The van der Waals surface area contributed by atoms with Gasteiger partial charge in [0.1, 0.15) is 5.75 Å². The summed E-state index contributed by atoms with van der Waals surface area (Å²) in [6, 6.07) is 3.82. The van der Waals surface area contributed by atoms with E-state index in [4.69, 9.17) is 25.8 Å². The van der Waals surface area contributed by atoms with E-state index in [2.05, 4.69) is 26.6 Å². The molecule has 0 N–H and O–H groups in total. The number of aromatic nitrogens is 3. The molecule has 1 aromatic heterocycles. The van der Waals surface area contributed by atoms with Crippen molar-refractivity contribution in [3.05, 3.63) is 34.1 Å². The van der Waals surface area contributed by atoms with E-state index in [9.17, 15) is 0 Å². The minimum absolute atomic E-state index is 0.165. The summed E-state index contributed by atoms with van der Waals surface area (Å²) < 4.78 is 19.4. The lowest BCUT2D eigenvalue weighted by Gasteiger charge is -2.32. The van der Waals surface area contributed by atoms with Crippen LogP contribution in [0.25, 0.3) is 0 Å². The molecule has 2 aromatic rings. The zero-order valence-corrected chi connectivity index (χ0v) is 18.0. The summed E-state index contributed by atoms with van der Waals surface area (Å²) >= 11 is 6.15. The molecule has 8 heteroatoms. The lowest BCUT2D eigenvalue weighted by Crippen LogP contribution is -2.42. The van der Waals surface area contributed by atoms with Gasteiger partial charge in [0.05, 0.1) is 25.9 Å². The maximum absolute atomic E-state index is 6.29. The van der Waals surface area contributed by atoms with Crippen molar-refractivity contribution >= 4 is 17.5 Å². The van der Waals surface area contributed by atoms with Crippen molar-refractivity contribution in [1.82, 2.24) is 14.8 Å². The van der Waals surface area contributed by atoms with Crippen LogP contribution in [0.15, 0.2) is 12.1 Å². The van der Waals surface area contributed by atoms with Gasteiger partial charge in [0.15, 0.2) is 11.9 Å². The quantitative estimate of drug-likeness (QED) is 0.698. The Bertz CT molecular complexity index is 788. The van der Waals surface area contributed by atoms with Gasteiger partial charge in [-0.1, -0.05) is 11.6 Å². The largest absolute Gasteiger partial charge is 0.482 e. The van der Waals surface area contributed by atoms with Crippen molar-refractivity contribution in [2.75, 3.05) is 38.3 Å². The van der Waals surface area contributed by atoms with Crippen LogP contribution in [-0.2, 0) is 16.0 Å². The van der Waals surface area contributed by atoms with Gasteiger partial charge in [0.2, 0.25) is 5.95 Å². The molecular formula is C20H29ClN4O3. The Kier molecular flexibility index (Phi) is 6.80. The molecule has 3 rings (SSSR count). The molecule has 28 heavy (non-hydrogen) atoms. The number of methoxy groups -OCH3 is 1. The van der Waals surface area contributed by atoms with Crippen molar-refractivity contribution in [2.45, 2.75) is 46.4 Å². The number of rotatable bonds is 7. The first-order valence-electron chi connectivity index (χ1n) is 9.62. The average Bonchev–Trinajstić information content (AvgIpc) is 3.06. The number of morpholine rings is 1. The van der Waals surface area contributed by atoms with Crippen molar-refractivity contribution < 1.29 is 14.2 Å². The molecule has 0 aliphatic carbocycles. The highest BCUT2D eigenvalue weighted by Crippen LogP contribution is 2.31. The first-order valence-corrected chi connectivity index (χ1v) is 10.0. The number of benzene rings is 1. The van der Waals surface area contributed by atoms with E-state index >= 15 is 0 Å². The Morgan fingerprint density at radius 1 is 1.29 bits per heavy atom. The maximum atomic E-state index is 6.29. The molecule has 2 unspecified atom stereocenters. The van der Waals surface area contributed by atoms with Gasteiger partial charge in [0.25, 0.3) is 0 Å². The minimum Gasteiger partial charge on any atom is -0.482 e. The molecule has 1 fully saturated rings. The predicted octanol–water partition coefficient (Wildman–Crippen LogP) is 3.56. The van der Waals surface area contributed by atoms with E-state index in [-0.39, 0.29) is 12.2 Å². The SMILES string of the molecule is COCCn1c(C(C)Oc2c(C)cc(Cl)cc2C)nnc1N1CCOC(C)C1. The number of ether oxygens (including phenoxy) is 3. The number of halogens is 1. The molecule has 7 nitrogen and oxygen atoms in total. The van der Waals surface area contributed by atoms with Crippen LogP contribution in [0.3, 0.4) is 0 Å². The summed E-state index contributed by atoms with van der Waals surface area (Å²) in [5.74, 6) is 2.45. The Hall–Kier alpha value is -1.83. The van der Waals surface area contributed by atoms with Gasteiger partial charge < -0.3 is 19.1 Å². The molecule has 0 saturated carbocycles. The van der Waals surface area contributed by atoms with Gasteiger partial charge in [-0.25, -0.2) is 0 Å². The van der Waals surface area contributed by atoms with E-state index in [1.807, 2.05) is 32.9 Å². The number of hydrogen-bond donors (Lipinski definition) is 0. The van der Waals surface area contributed by atoms with Crippen LogP contribution in [0.2, 0.25) is 5.02 Å². The number of hydrogen-bond acceptors (Lipinski definition) is 6. The van der Waals surface area contributed by atoms with Gasteiger partial charge in [-0.2, -0.15) is 0 Å². The highest BCUT2D eigenvalue weighted by atomic mass is 35.5. The highest BCUT2D eigenvalue weighted by molar-refractivity contribution is 6.30. The number of aryl methyl sites for hydroxylation is 2. The third kappa shape index (κ3) is 4.59. The monoisotopic (exact) mass is 408 g/mol. The molecule has 1 saturated heterocycles. The lowest BCUT2D eigenvalue weighted by molar-refractivity contribution is 0.0522. The molecule has 1 aliphatic rings. The number of nitrogens with zero attached hydrogens (tertiary/aromatic N) is 4. The fraction of sp³-hybridized carbons (Fsp3) is 0.600. The molecule has 2 heterocycles. The topological polar surface area (TPSA) is 61.6 Å². The van der Waals surface area contributed by atoms with Crippen molar-refractivity contribution in [3.63, 3.8) is 0 Å². The van der Waals surface area contributed by atoms with Crippen LogP contribution in [0, 0.1) is 13.8 Å². The molecule has 2 atom stereocenters. The Balaban J connectivity index is 1.88. The Labute approximate surface area is 171 Å². The minimum atomic E-state index is -0.268. The molecule has 0 bridgehead atoms. The first kappa shape index (κ1) is 20.9. The molecule has 0 spiro atoms. The summed E-state index contributed by atoms with van der Waals surface area (Å²) in [5, 5.41) is 9.65. The molecule has 154 valence electrons. The van der Waals surface area contributed by atoms with Gasteiger partial charge in [-0.05, 0) is 51.0 Å². The van der Waals surface area contributed by atoms with E-state index in [1.54, 1.807) is 7.11 Å². The van der Waals surface area contributed by atoms with Gasteiger partial charge in [-0.3, -0.25) is 4.57 Å². The van der Waals surface area contributed by atoms with Crippen LogP contribution >= 0.6 is 11.6 Å². The van der Waals surface area contributed by atoms with Crippen molar-refractivity contribution in [1.29, 1.82) is 0 Å². The Morgan fingerprint density at radius 3 is 2.64 bits per heavy atom. The van der Waals surface area contributed by atoms with Crippen molar-refractivity contribution in [3.8, 4) is 5.75 Å². The van der Waals surface area contributed by atoms with Gasteiger partial charge >= 0.3 is 0 Å². The fourth-order valence-corrected chi connectivity index (χ4v) is 3.88. The summed E-state index contributed by atoms with van der Waals surface area (Å²) in [5.41, 5.74) is 2.00. The fourth-order valence-electron chi connectivity index (χ4n) is 3.55. The van der Waals surface area contributed by atoms with Crippen LogP contribution < -0.4 is 9.64 Å². The lowest BCUT2D eigenvalue weighted by atomic mass is 10.1.